The number of hydrogen-bond donors (Lipinski definition) is 2. The molecule has 0 bridgehead atoms. The Kier molecular flexibility index (Phi) is 2.83. The van der Waals surface area contributed by atoms with Gasteiger partial charge in [0.15, 0.2) is 0 Å². The lowest BCUT2D eigenvalue weighted by Gasteiger charge is -2.19. The standard InChI is InChI=1S/C14H20N2/c1-2-4-12-9-13(6-5-11(12)3-1)16-14-7-8-15-10-14/h5-6,9,14-16H,1-4,7-8,10H2. The van der Waals surface area contributed by atoms with Crippen molar-refractivity contribution in [1.82, 2.24) is 5.32 Å². The number of benzene rings is 1. The van der Waals surface area contributed by atoms with E-state index in [1.54, 1.807) is 11.1 Å². The molecule has 1 unspecified atom stereocenters. The van der Waals surface area contributed by atoms with Gasteiger partial charge in [0.25, 0.3) is 0 Å². The molecule has 86 valence electrons. The van der Waals surface area contributed by atoms with E-state index in [4.69, 9.17) is 0 Å². The normalized spacial score (nSPS) is 24.1. The van der Waals surface area contributed by atoms with E-state index in [1.165, 1.54) is 37.8 Å². The minimum atomic E-state index is 0.627. The predicted molar refractivity (Wildman–Crippen MR) is 68.0 cm³/mol. The minimum Gasteiger partial charge on any atom is -0.381 e. The van der Waals surface area contributed by atoms with E-state index in [9.17, 15) is 0 Å². The molecular formula is C14H20N2. The van der Waals surface area contributed by atoms with Crippen molar-refractivity contribution in [3.8, 4) is 0 Å². The number of fused-ring (bicyclic) bond motifs is 1. The third-order valence-corrected chi connectivity index (χ3v) is 3.78. The molecular weight excluding hydrogens is 196 g/mol. The molecule has 0 saturated carbocycles. The average Bonchev–Trinajstić information content (AvgIpc) is 2.82. The maximum absolute atomic E-state index is 3.63. The van der Waals surface area contributed by atoms with Crippen LogP contribution in [0.4, 0.5) is 5.69 Å². The van der Waals surface area contributed by atoms with Crippen LogP contribution in [0.1, 0.15) is 30.4 Å². The predicted octanol–water partition coefficient (Wildman–Crippen LogP) is 2.34. The number of anilines is 1. The maximum Gasteiger partial charge on any atom is 0.0398 e. The molecule has 2 aliphatic rings. The minimum absolute atomic E-state index is 0.627. The van der Waals surface area contributed by atoms with Crippen molar-refractivity contribution in [3.05, 3.63) is 29.3 Å². The molecule has 0 aromatic heterocycles. The van der Waals surface area contributed by atoms with Crippen molar-refractivity contribution in [2.75, 3.05) is 18.4 Å². The summed E-state index contributed by atoms with van der Waals surface area (Å²) < 4.78 is 0. The summed E-state index contributed by atoms with van der Waals surface area (Å²) >= 11 is 0. The number of rotatable bonds is 2. The molecule has 0 amide bonds. The largest absolute Gasteiger partial charge is 0.381 e. The summed E-state index contributed by atoms with van der Waals surface area (Å²) in [7, 11) is 0. The lowest BCUT2D eigenvalue weighted by atomic mass is 9.91. The van der Waals surface area contributed by atoms with Gasteiger partial charge in [0.2, 0.25) is 0 Å². The molecule has 1 aliphatic carbocycles. The summed E-state index contributed by atoms with van der Waals surface area (Å²) in [5.41, 5.74) is 4.46. The van der Waals surface area contributed by atoms with Crippen LogP contribution in [0.2, 0.25) is 0 Å². The Labute approximate surface area is 97.4 Å². The second-order valence-corrected chi connectivity index (χ2v) is 5.02. The summed E-state index contributed by atoms with van der Waals surface area (Å²) in [6, 6.07) is 7.57. The first-order valence-corrected chi connectivity index (χ1v) is 6.51. The Balaban J connectivity index is 1.74. The van der Waals surface area contributed by atoms with Gasteiger partial charge in [-0.3, -0.25) is 0 Å². The first-order chi connectivity index (χ1) is 7.92. The first kappa shape index (κ1) is 10.2. The smallest absolute Gasteiger partial charge is 0.0398 e. The van der Waals surface area contributed by atoms with Crippen molar-refractivity contribution in [2.45, 2.75) is 38.1 Å². The van der Waals surface area contributed by atoms with Crippen LogP contribution in [-0.4, -0.2) is 19.1 Å². The highest BCUT2D eigenvalue weighted by molar-refractivity contribution is 5.50. The molecule has 1 aliphatic heterocycles. The maximum atomic E-state index is 3.63. The molecule has 1 atom stereocenters. The Hall–Kier alpha value is -1.02. The zero-order chi connectivity index (χ0) is 10.8. The van der Waals surface area contributed by atoms with Crippen molar-refractivity contribution in [3.63, 3.8) is 0 Å². The number of hydrogen-bond acceptors (Lipinski definition) is 2. The zero-order valence-electron chi connectivity index (χ0n) is 9.76. The molecule has 1 aromatic carbocycles. The van der Waals surface area contributed by atoms with Gasteiger partial charge in [0.05, 0.1) is 0 Å². The fourth-order valence-electron chi connectivity index (χ4n) is 2.84. The second kappa shape index (κ2) is 4.46. The van der Waals surface area contributed by atoms with Gasteiger partial charge in [-0.2, -0.15) is 0 Å². The molecule has 1 aromatic rings. The lowest BCUT2D eigenvalue weighted by Crippen LogP contribution is -2.22. The summed E-state index contributed by atoms with van der Waals surface area (Å²) in [5.74, 6) is 0. The Morgan fingerprint density at radius 3 is 2.81 bits per heavy atom. The van der Waals surface area contributed by atoms with Crippen LogP contribution in [0.25, 0.3) is 0 Å². The van der Waals surface area contributed by atoms with Gasteiger partial charge in [0, 0.05) is 18.3 Å². The van der Waals surface area contributed by atoms with Crippen LogP contribution >= 0.6 is 0 Å². The zero-order valence-corrected chi connectivity index (χ0v) is 9.76. The molecule has 1 saturated heterocycles. The first-order valence-electron chi connectivity index (χ1n) is 6.51. The third-order valence-electron chi connectivity index (χ3n) is 3.78. The highest BCUT2D eigenvalue weighted by Gasteiger charge is 2.15. The topological polar surface area (TPSA) is 24.1 Å². The van der Waals surface area contributed by atoms with Crippen LogP contribution < -0.4 is 10.6 Å². The number of aryl methyl sites for hydroxylation is 2. The molecule has 2 nitrogen and oxygen atoms in total. The van der Waals surface area contributed by atoms with Crippen molar-refractivity contribution >= 4 is 5.69 Å². The Morgan fingerprint density at radius 1 is 1.12 bits per heavy atom. The molecule has 1 fully saturated rings. The molecule has 2 heteroatoms. The lowest BCUT2D eigenvalue weighted by molar-refractivity contribution is 0.685. The van der Waals surface area contributed by atoms with Gasteiger partial charge >= 0.3 is 0 Å². The third kappa shape index (κ3) is 2.07. The van der Waals surface area contributed by atoms with E-state index >= 15 is 0 Å². The summed E-state index contributed by atoms with van der Waals surface area (Å²) in [4.78, 5) is 0. The van der Waals surface area contributed by atoms with E-state index in [0.717, 1.165) is 13.1 Å². The van der Waals surface area contributed by atoms with E-state index in [1.807, 2.05) is 0 Å². The van der Waals surface area contributed by atoms with Crippen molar-refractivity contribution in [2.24, 2.45) is 0 Å². The van der Waals surface area contributed by atoms with Gasteiger partial charge in [0.1, 0.15) is 0 Å². The summed E-state index contributed by atoms with van der Waals surface area (Å²) in [5, 5.41) is 7.02. The van der Waals surface area contributed by atoms with E-state index in [2.05, 4.69) is 28.8 Å². The van der Waals surface area contributed by atoms with Gasteiger partial charge in [-0.25, -0.2) is 0 Å². The summed E-state index contributed by atoms with van der Waals surface area (Å²) in [6.07, 6.45) is 6.53. The SMILES string of the molecule is c1cc2c(cc1NC1CCNC1)CCCC2. The second-order valence-electron chi connectivity index (χ2n) is 5.02. The molecule has 0 spiro atoms. The number of nitrogens with one attached hydrogen (secondary N) is 2. The molecule has 1 heterocycles. The van der Waals surface area contributed by atoms with Crippen LogP contribution in [0.3, 0.4) is 0 Å². The van der Waals surface area contributed by atoms with E-state index in [-0.39, 0.29) is 0 Å². The van der Waals surface area contributed by atoms with E-state index < -0.39 is 0 Å². The Bertz CT molecular complexity index is 367. The van der Waals surface area contributed by atoms with Gasteiger partial charge < -0.3 is 10.6 Å². The van der Waals surface area contributed by atoms with Crippen LogP contribution in [0.5, 0.6) is 0 Å². The molecule has 3 rings (SSSR count). The fourth-order valence-corrected chi connectivity index (χ4v) is 2.84. The van der Waals surface area contributed by atoms with Crippen molar-refractivity contribution in [1.29, 1.82) is 0 Å². The average molecular weight is 216 g/mol. The Morgan fingerprint density at radius 2 is 2.00 bits per heavy atom. The van der Waals surface area contributed by atoms with Crippen LogP contribution in [0.15, 0.2) is 18.2 Å². The highest BCUT2D eigenvalue weighted by atomic mass is 15.0. The van der Waals surface area contributed by atoms with Crippen LogP contribution in [0, 0.1) is 0 Å². The highest BCUT2D eigenvalue weighted by Crippen LogP contribution is 2.24. The van der Waals surface area contributed by atoms with Crippen molar-refractivity contribution < 1.29 is 0 Å². The van der Waals surface area contributed by atoms with Crippen LogP contribution in [-0.2, 0) is 12.8 Å². The molecule has 0 radical (unpaired) electrons. The van der Waals surface area contributed by atoms with Gasteiger partial charge in [-0.05, 0) is 61.9 Å². The quantitative estimate of drug-likeness (QED) is 0.793. The molecule has 16 heavy (non-hydrogen) atoms. The summed E-state index contributed by atoms with van der Waals surface area (Å²) in [6.45, 7) is 2.26. The monoisotopic (exact) mass is 216 g/mol. The fraction of sp³-hybridized carbons (Fsp3) is 0.571. The van der Waals surface area contributed by atoms with Gasteiger partial charge in [-0.15, -0.1) is 0 Å². The molecule has 2 N–H and O–H groups in total. The van der Waals surface area contributed by atoms with Gasteiger partial charge in [-0.1, -0.05) is 6.07 Å². The van der Waals surface area contributed by atoms with E-state index in [0.29, 0.717) is 6.04 Å².